The number of rotatable bonds is 4. The summed E-state index contributed by atoms with van der Waals surface area (Å²) < 4.78 is 0. The fourth-order valence-electron chi connectivity index (χ4n) is 1.68. The third-order valence-corrected chi connectivity index (χ3v) is 3.96. The van der Waals surface area contributed by atoms with Crippen LogP contribution in [0.5, 0.6) is 0 Å². The topological polar surface area (TPSA) is 61.0 Å². The fraction of sp³-hybridized carbons (Fsp3) is 0.600. The van der Waals surface area contributed by atoms with Crippen LogP contribution in [-0.4, -0.2) is 52.8 Å². The highest BCUT2D eigenvalue weighted by atomic mass is 35.5. The van der Waals surface area contributed by atoms with E-state index in [1.165, 1.54) is 17.7 Å². The van der Waals surface area contributed by atoms with Crippen LogP contribution in [0.4, 0.5) is 5.69 Å². The molecule has 0 radical (unpaired) electrons. The summed E-state index contributed by atoms with van der Waals surface area (Å²) in [7, 11) is 0. The maximum Gasteiger partial charge on any atom is 0.285 e. The highest BCUT2D eigenvalue weighted by Crippen LogP contribution is 2.14. The van der Waals surface area contributed by atoms with Crippen LogP contribution >= 0.6 is 23.4 Å². The van der Waals surface area contributed by atoms with Crippen molar-refractivity contribution in [3.8, 4) is 0 Å². The molecular weight excluding hydrogens is 260 g/mol. The average Bonchev–Trinajstić information content (AvgIpc) is 2.36. The minimum Gasteiger partial charge on any atom is -0.381 e. The van der Waals surface area contributed by atoms with Crippen molar-refractivity contribution in [2.45, 2.75) is 0 Å². The number of hydrogen-bond acceptors (Lipinski definition) is 5. The number of thioether (sulfide) groups is 1. The van der Waals surface area contributed by atoms with Gasteiger partial charge in [-0.05, 0) is 0 Å². The van der Waals surface area contributed by atoms with E-state index in [1.807, 2.05) is 11.8 Å². The van der Waals surface area contributed by atoms with Gasteiger partial charge >= 0.3 is 0 Å². The average molecular weight is 275 g/mol. The number of H-pyrrole nitrogens is 1. The zero-order valence-corrected chi connectivity index (χ0v) is 11.0. The van der Waals surface area contributed by atoms with E-state index in [0.717, 1.165) is 26.2 Å². The zero-order valence-electron chi connectivity index (χ0n) is 9.41. The maximum absolute atomic E-state index is 11.2. The molecule has 2 N–H and O–H groups in total. The quantitative estimate of drug-likeness (QED) is 0.854. The molecule has 7 heteroatoms. The minimum atomic E-state index is -0.356. The van der Waals surface area contributed by atoms with Gasteiger partial charge in [-0.3, -0.25) is 9.69 Å². The molecule has 1 fully saturated rings. The van der Waals surface area contributed by atoms with Crippen molar-refractivity contribution in [3.63, 3.8) is 0 Å². The van der Waals surface area contributed by atoms with Crippen molar-refractivity contribution in [2.24, 2.45) is 0 Å². The van der Waals surface area contributed by atoms with Crippen molar-refractivity contribution < 1.29 is 0 Å². The first-order chi connectivity index (χ1) is 8.27. The third kappa shape index (κ3) is 3.62. The second-order valence-electron chi connectivity index (χ2n) is 3.81. The second-order valence-corrected chi connectivity index (χ2v) is 5.41. The SMILES string of the molecule is O=c1[nH]ncc(NCCN2CCSCC2)c1Cl. The molecule has 2 heterocycles. The first-order valence-electron chi connectivity index (χ1n) is 5.54. The molecule has 0 aliphatic carbocycles. The maximum atomic E-state index is 11.2. The number of hydrogen-bond donors (Lipinski definition) is 2. The van der Waals surface area contributed by atoms with E-state index in [2.05, 4.69) is 20.4 Å². The largest absolute Gasteiger partial charge is 0.381 e. The summed E-state index contributed by atoms with van der Waals surface area (Å²) in [6.45, 7) is 4.00. The van der Waals surface area contributed by atoms with Crippen LogP contribution in [0.2, 0.25) is 5.02 Å². The van der Waals surface area contributed by atoms with Gasteiger partial charge in [-0.2, -0.15) is 16.9 Å². The van der Waals surface area contributed by atoms with Gasteiger partial charge in [-0.1, -0.05) is 11.6 Å². The van der Waals surface area contributed by atoms with Gasteiger partial charge in [0.2, 0.25) is 0 Å². The van der Waals surface area contributed by atoms with Crippen molar-refractivity contribution in [3.05, 3.63) is 21.6 Å². The van der Waals surface area contributed by atoms with Gasteiger partial charge in [0.25, 0.3) is 5.56 Å². The summed E-state index contributed by atoms with van der Waals surface area (Å²) in [5.41, 5.74) is 0.243. The molecule has 1 aliphatic heterocycles. The number of nitrogens with zero attached hydrogens (tertiary/aromatic N) is 2. The lowest BCUT2D eigenvalue weighted by atomic mass is 10.4. The standard InChI is InChI=1S/C10H15ClN4OS/c11-9-8(7-13-14-10(9)16)12-1-2-15-3-5-17-6-4-15/h7H,1-6H2,(H2,12,14,16). The summed E-state index contributed by atoms with van der Waals surface area (Å²) >= 11 is 7.85. The molecule has 1 aromatic heterocycles. The third-order valence-electron chi connectivity index (χ3n) is 2.64. The summed E-state index contributed by atoms with van der Waals surface area (Å²) in [5.74, 6) is 2.40. The molecular formula is C10H15ClN4OS. The summed E-state index contributed by atoms with van der Waals surface area (Å²) in [6.07, 6.45) is 1.54. The predicted molar refractivity (Wildman–Crippen MR) is 72.1 cm³/mol. The van der Waals surface area contributed by atoms with Crippen molar-refractivity contribution in [1.29, 1.82) is 0 Å². The highest BCUT2D eigenvalue weighted by Gasteiger charge is 2.10. The Morgan fingerprint density at radius 2 is 2.29 bits per heavy atom. The zero-order chi connectivity index (χ0) is 12.1. The monoisotopic (exact) mass is 274 g/mol. The van der Waals surface area contributed by atoms with Crippen LogP contribution in [0.15, 0.2) is 11.0 Å². The van der Waals surface area contributed by atoms with Gasteiger partial charge in [0.05, 0.1) is 11.9 Å². The van der Waals surface area contributed by atoms with E-state index < -0.39 is 0 Å². The molecule has 0 spiro atoms. The van der Waals surface area contributed by atoms with Gasteiger partial charge < -0.3 is 5.32 Å². The molecule has 1 aliphatic rings. The Kier molecular flexibility index (Phi) is 4.70. The van der Waals surface area contributed by atoms with Crippen molar-refractivity contribution in [2.75, 3.05) is 43.0 Å². The smallest absolute Gasteiger partial charge is 0.285 e. The number of anilines is 1. The van der Waals surface area contributed by atoms with E-state index in [4.69, 9.17) is 11.6 Å². The number of aromatic amines is 1. The Morgan fingerprint density at radius 3 is 3.06 bits per heavy atom. The molecule has 0 bridgehead atoms. The molecule has 0 saturated carbocycles. The Bertz CT molecular complexity index is 419. The highest BCUT2D eigenvalue weighted by molar-refractivity contribution is 7.99. The molecule has 94 valence electrons. The van der Waals surface area contributed by atoms with Crippen LogP contribution < -0.4 is 10.9 Å². The van der Waals surface area contributed by atoms with Crippen LogP contribution in [0.1, 0.15) is 0 Å². The lowest BCUT2D eigenvalue weighted by Crippen LogP contribution is -2.36. The first-order valence-corrected chi connectivity index (χ1v) is 7.08. The summed E-state index contributed by atoms with van der Waals surface area (Å²) in [5, 5.41) is 9.31. The van der Waals surface area contributed by atoms with Crippen molar-refractivity contribution >= 4 is 29.1 Å². The number of nitrogens with one attached hydrogen (secondary N) is 2. The van der Waals surface area contributed by atoms with E-state index in [0.29, 0.717) is 5.69 Å². The molecule has 0 atom stereocenters. The molecule has 2 rings (SSSR count). The van der Waals surface area contributed by atoms with E-state index in [1.54, 1.807) is 0 Å². The van der Waals surface area contributed by atoms with Crippen LogP contribution in [-0.2, 0) is 0 Å². The molecule has 0 amide bonds. The molecule has 17 heavy (non-hydrogen) atoms. The van der Waals surface area contributed by atoms with E-state index >= 15 is 0 Å². The van der Waals surface area contributed by atoms with E-state index in [-0.39, 0.29) is 10.6 Å². The minimum absolute atomic E-state index is 0.175. The van der Waals surface area contributed by atoms with Gasteiger partial charge in [0.1, 0.15) is 5.02 Å². The first kappa shape index (κ1) is 12.7. The number of halogens is 1. The predicted octanol–water partition coefficient (Wildman–Crippen LogP) is 0.884. The molecule has 0 aromatic carbocycles. The van der Waals surface area contributed by atoms with Gasteiger partial charge in [-0.25, -0.2) is 5.10 Å². The Morgan fingerprint density at radius 1 is 1.53 bits per heavy atom. The number of aromatic nitrogens is 2. The molecule has 0 unspecified atom stereocenters. The Labute approximate surface area is 109 Å². The normalized spacial score (nSPS) is 17.0. The lowest BCUT2D eigenvalue weighted by molar-refractivity contribution is 0.314. The Balaban J connectivity index is 1.81. The summed E-state index contributed by atoms with van der Waals surface area (Å²) in [6, 6.07) is 0. The second kappa shape index (κ2) is 6.28. The fourth-order valence-corrected chi connectivity index (χ4v) is 2.82. The molecule has 1 aromatic rings. The van der Waals surface area contributed by atoms with Crippen LogP contribution in [0.25, 0.3) is 0 Å². The Hall–Kier alpha value is -0.720. The van der Waals surface area contributed by atoms with Crippen molar-refractivity contribution in [1.82, 2.24) is 15.1 Å². The van der Waals surface area contributed by atoms with Gasteiger partial charge in [-0.15, -0.1) is 0 Å². The van der Waals surface area contributed by atoms with Gasteiger partial charge in [0, 0.05) is 37.7 Å². The molecule has 5 nitrogen and oxygen atoms in total. The van der Waals surface area contributed by atoms with Crippen LogP contribution in [0, 0.1) is 0 Å². The van der Waals surface area contributed by atoms with E-state index in [9.17, 15) is 4.79 Å². The van der Waals surface area contributed by atoms with Crippen LogP contribution in [0.3, 0.4) is 0 Å². The molecule has 1 saturated heterocycles. The summed E-state index contributed by atoms with van der Waals surface area (Å²) in [4.78, 5) is 13.6. The van der Waals surface area contributed by atoms with Gasteiger partial charge in [0.15, 0.2) is 0 Å². The lowest BCUT2D eigenvalue weighted by Gasteiger charge is -2.26.